The number of hydrogen-bond donors (Lipinski definition) is 2. The number of amides is 1. The highest BCUT2D eigenvalue weighted by molar-refractivity contribution is 5.98. The maximum absolute atomic E-state index is 12.4. The Kier molecular flexibility index (Phi) is 7.47. The van der Waals surface area contributed by atoms with Crippen molar-refractivity contribution < 1.29 is 23.8 Å². The molecule has 1 heterocycles. The van der Waals surface area contributed by atoms with Gasteiger partial charge in [-0.2, -0.15) is 0 Å². The van der Waals surface area contributed by atoms with Crippen LogP contribution in [0.15, 0.2) is 18.2 Å². The molecule has 0 unspecified atom stereocenters. The molecule has 1 fully saturated rings. The van der Waals surface area contributed by atoms with Crippen molar-refractivity contribution in [2.24, 2.45) is 5.73 Å². The Labute approximate surface area is 147 Å². The summed E-state index contributed by atoms with van der Waals surface area (Å²) in [4.78, 5) is 23.5. The van der Waals surface area contributed by atoms with Gasteiger partial charge >= 0.3 is 5.97 Å². The Morgan fingerprint density at radius 1 is 1.33 bits per heavy atom. The van der Waals surface area contributed by atoms with Gasteiger partial charge in [-0.25, -0.2) is 4.79 Å². The van der Waals surface area contributed by atoms with Gasteiger partial charge in [-0.1, -0.05) is 0 Å². The predicted molar refractivity (Wildman–Crippen MR) is 91.5 cm³/mol. The highest BCUT2D eigenvalue weighted by atomic mass is 35.5. The minimum atomic E-state index is -0.898. The van der Waals surface area contributed by atoms with Gasteiger partial charge in [0.1, 0.15) is 11.3 Å². The van der Waals surface area contributed by atoms with Crippen molar-refractivity contribution in [2.45, 2.75) is 25.3 Å². The van der Waals surface area contributed by atoms with Gasteiger partial charge in [-0.3, -0.25) is 4.79 Å². The summed E-state index contributed by atoms with van der Waals surface area (Å²) in [5.41, 5.74) is 6.74. The van der Waals surface area contributed by atoms with E-state index < -0.39 is 11.5 Å². The molecule has 0 atom stereocenters. The highest BCUT2D eigenvalue weighted by Gasteiger charge is 2.36. The van der Waals surface area contributed by atoms with E-state index in [4.69, 9.17) is 15.2 Å². The van der Waals surface area contributed by atoms with Gasteiger partial charge in [0.05, 0.1) is 7.11 Å². The van der Waals surface area contributed by atoms with Crippen LogP contribution in [0.5, 0.6) is 5.75 Å². The molecule has 1 aliphatic rings. The predicted octanol–water partition coefficient (Wildman–Crippen LogP) is 1.42. The van der Waals surface area contributed by atoms with Crippen LogP contribution in [0.3, 0.4) is 0 Å². The molecule has 0 aliphatic carbocycles. The molecule has 0 radical (unpaired) electrons. The van der Waals surface area contributed by atoms with Crippen molar-refractivity contribution in [2.75, 3.05) is 32.2 Å². The SMILES string of the molecule is COC(=O)COc1ccc(NC(=O)C2(N)CCOCC2)c(C)c1.Cl. The van der Waals surface area contributed by atoms with E-state index in [0.29, 0.717) is 37.5 Å². The minimum absolute atomic E-state index is 0. The molecule has 2 rings (SSSR count). The Morgan fingerprint density at radius 2 is 2.00 bits per heavy atom. The van der Waals surface area contributed by atoms with Crippen LogP contribution in [-0.2, 0) is 19.1 Å². The molecular weight excluding hydrogens is 336 g/mol. The van der Waals surface area contributed by atoms with Crippen LogP contribution >= 0.6 is 12.4 Å². The van der Waals surface area contributed by atoms with Crippen LogP contribution in [0, 0.1) is 6.92 Å². The minimum Gasteiger partial charge on any atom is -0.482 e. The number of ether oxygens (including phenoxy) is 3. The van der Waals surface area contributed by atoms with Crippen molar-refractivity contribution in [3.05, 3.63) is 23.8 Å². The van der Waals surface area contributed by atoms with E-state index >= 15 is 0 Å². The number of halogens is 1. The molecule has 8 heteroatoms. The summed E-state index contributed by atoms with van der Waals surface area (Å²) in [5.74, 6) is -0.142. The first-order valence-electron chi connectivity index (χ1n) is 7.43. The first kappa shape index (κ1) is 20.2. The number of aryl methyl sites for hydroxylation is 1. The monoisotopic (exact) mass is 358 g/mol. The normalized spacial score (nSPS) is 15.8. The quantitative estimate of drug-likeness (QED) is 0.772. The van der Waals surface area contributed by atoms with Crippen molar-refractivity contribution in [1.82, 2.24) is 0 Å². The lowest BCUT2D eigenvalue weighted by molar-refractivity contribution is -0.142. The fraction of sp³-hybridized carbons (Fsp3) is 0.500. The van der Waals surface area contributed by atoms with Crippen LogP contribution in [-0.4, -0.2) is 44.3 Å². The number of benzene rings is 1. The van der Waals surface area contributed by atoms with Gasteiger partial charge < -0.3 is 25.3 Å². The van der Waals surface area contributed by atoms with Crippen molar-refractivity contribution in [3.63, 3.8) is 0 Å². The number of carbonyl (C=O) groups excluding carboxylic acids is 2. The summed E-state index contributed by atoms with van der Waals surface area (Å²) in [6.45, 7) is 2.66. The van der Waals surface area contributed by atoms with E-state index in [1.165, 1.54) is 7.11 Å². The van der Waals surface area contributed by atoms with Crippen molar-refractivity contribution >= 4 is 30.0 Å². The molecule has 0 aromatic heterocycles. The fourth-order valence-corrected chi connectivity index (χ4v) is 2.28. The van der Waals surface area contributed by atoms with E-state index in [1.807, 2.05) is 6.92 Å². The lowest BCUT2D eigenvalue weighted by Gasteiger charge is -2.32. The Morgan fingerprint density at radius 3 is 2.58 bits per heavy atom. The molecule has 0 bridgehead atoms. The van der Waals surface area contributed by atoms with E-state index in [0.717, 1.165) is 5.56 Å². The summed E-state index contributed by atoms with van der Waals surface area (Å²) in [6, 6.07) is 5.15. The molecule has 1 saturated heterocycles. The molecule has 1 amide bonds. The van der Waals surface area contributed by atoms with Gasteiger partial charge in [0.2, 0.25) is 5.91 Å². The van der Waals surface area contributed by atoms with Crippen LogP contribution in [0.2, 0.25) is 0 Å². The molecule has 0 saturated carbocycles. The number of nitrogens with two attached hydrogens (primary N) is 1. The molecule has 1 aromatic rings. The van der Waals surface area contributed by atoms with E-state index in [2.05, 4.69) is 10.1 Å². The van der Waals surface area contributed by atoms with Gasteiger partial charge in [-0.05, 0) is 43.5 Å². The summed E-state index contributed by atoms with van der Waals surface area (Å²) < 4.78 is 15.1. The standard InChI is InChI=1S/C16H22N2O5.ClH/c1-11-9-12(23-10-14(19)21-2)3-4-13(11)18-15(20)16(17)5-7-22-8-6-16;/h3-4,9H,5-8,10,17H2,1-2H3,(H,18,20);1H. The average molecular weight is 359 g/mol. The lowest BCUT2D eigenvalue weighted by Crippen LogP contribution is -2.54. The highest BCUT2D eigenvalue weighted by Crippen LogP contribution is 2.24. The van der Waals surface area contributed by atoms with Crippen LogP contribution < -0.4 is 15.8 Å². The summed E-state index contributed by atoms with van der Waals surface area (Å²) >= 11 is 0. The second kappa shape index (κ2) is 8.86. The number of esters is 1. The molecular formula is C16H23ClN2O5. The second-order valence-corrected chi connectivity index (χ2v) is 5.56. The number of rotatable bonds is 5. The zero-order chi connectivity index (χ0) is 16.9. The third kappa shape index (κ3) is 5.09. The molecule has 0 spiro atoms. The van der Waals surface area contributed by atoms with Crippen molar-refractivity contribution in [3.8, 4) is 5.75 Å². The summed E-state index contributed by atoms with van der Waals surface area (Å²) in [5, 5.41) is 2.86. The maximum atomic E-state index is 12.4. The van der Waals surface area contributed by atoms with Crippen LogP contribution in [0.25, 0.3) is 0 Å². The number of carbonyl (C=O) groups is 2. The number of methoxy groups -OCH3 is 1. The number of nitrogens with one attached hydrogen (secondary N) is 1. The van der Waals surface area contributed by atoms with Gasteiger partial charge in [0, 0.05) is 18.9 Å². The van der Waals surface area contributed by atoms with Crippen LogP contribution in [0.1, 0.15) is 18.4 Å². The zero-order valence-electron chi connectivity index (χ0n) is 13.8. The second-order valence-electron chi connectivity index (χ2n) is 5.56. The fourth-order valence-electron chi connectivity index (χ4n) is 2.28. The molecule has 1 aliphatic heterocycles. The smallest absolute Gasteiger partial charge is 0.343 e. The third-order valence-electron chi connectivity index (χ3n) is 3.87. The Balaban J connectivity index is 0.00000288. The molecule has 24 heavy (non-hydrogen) atoms. The largest absolute Gasteiger partial charge is 0.482 e. The zero-order valence-corrected chi connectivity index (χ0v) is 14.6. The first-order valence-corrected chi connectivity index (χ1v) is 7.43. The van der Waals surface area contributed by atoms with Crippen molar-refractivity contribution in [1.29, 1.82) is 0 Å². The lowest BCUT2D eigenvalue weighted by atomic mass is 9.90. The van der Waals surface area contributed by atoms with E-state index in [1.54, 1.807) is 18.2 Å². The first-order chi connectivity index (χ1) is 10.9. The molecule has 7 nitrogen and oxygen atoms in total. The number of hydrogen-bond acceptors (Lipinski definition) is 6. The van der Waals surface area contributed by atoms with Gasteiger partial charge in [-0.15, -0.1) is 12.4 Å². The van der Waals surface area contributed by atoms with Gasteiger partial charge in [0.25, 0.3) is 0 Å². The third-order valence-corrected chi connectivity index (χ3v) is 3.87. The maximum Gasteiger partial charge on any atom is 0.343 e. The van der Waals surface area contributed by atoms with E-state index in [-0.39, 0.29) is 24.9 Å². The van der Waals surface area contributed by atoms with E-state index in [9.17, 15) is 9.59 Å². The topological polar surface area (TPSA) is 99.9 Å². The summed E-state index contributed by atoms with van der Waals surface area (Å²) in [7, 11) is 1.30. The van der Waals surface area contributed by atoms with Crippen LogP contribution in [0.4, 0.5) is 5.69 Å². The number of anilines is 1. The average Bonchev–Trinajstić information content (AvgIpc) is 2.55. The summed E-state index contributed by atoms with van der Waals surface area (Å²) in [6.07, 6.45) is 0.996. The molecule has 1 aromatic carbocycles. The Hall–Kier alpha value is -1.83. The Bertz CT molecular complexity index is 588. The molecule has 134 valence electrons. The molecule has 3 N–H and O–H groups in total. The van der Waals surface area contributed by atoms with Gasteiger partial charge in [0.15, 0.2) is 6.61 Å².